The Morgan fingerprint density at radius 2 is 1.00 bits per heavy atom. The summed E-state index contributed by atoms with van der Waals surface area (Å²) in [5, 5.41) is 6.86. The summed E-state index contributed by atoms with van der Waals surface area (Å²) in [6, 6.07) is 54.5. The fourth-order valence-corrected chi connectivity index (χ4v) is 9.21. The van der Waals surface area contributed by atoms with Gasteiger partial charge >= 0.3 is 0 Å². The highest BCUT2D eigenvalue weighted by molar-refractivity contribution is 7.79. The summed E-state index contributed by atoms with van der Waals surface area (Å²) in [5.41, 5.74) is 12.8. The van der Waals surface area contributed by atoms with E-state index in [-0.39, 0.29) is 0 Å². The molecule has 6 aromatic carbocycles. The summed E-state index contributed by atoms with van der Waals surface area (Å²) in [5.74, 6) is 0.685. The van der Waals surface area contributed by atoms with Crippen LogP contribution in [0.25, 0.3) is 72.7 Å². The molecule has 1 atom stereocenters. The lowest BCUT2D eigenvalue weighted by molar-refractivity contribution is 0.591. The van der Waals surface area contributed by atoms with Crippen molar-refractivity contribution in [3.8, 4) is 67.0 Å². The molecule has 0 amide bonds. The minimum Gasteiger partial charge on any atom is -0.314 e. The minimum atomic E-state index is -2.58. The van der Waals surface area contributed by atoms with Gasteiger partial charge in [-0.3, -0.25) is 0 Å². The Hall–Kier alpha value is -5.83. The van der Waals surface area contributed by atoms with Crippen LogP contribution in [0.15, 0.2) is 164 Å². The van der Waals surface area contributed by atoms with Crippen LogP contribution in [0.1, 0.15) is 0 Å². The standard InChI is InChI=1S/C43H30N3OP/c1-48(47)40-18-9-8-17-37(40)39-26-35(23-24-41(39)48)34-16-10-15-33(25-34)30-19-21-32(22-20-30)42-44-43-38(31-13-6-3-7-14-31)27-36(28-46(43)45-42)29-11-4-2-5-12-29/h2-28H,1H3. The molecular formula is C43H30N3OP. The molecule has 4 nitrogen and oxygen atoms in total. The van der Waals surface area contributed by atoms with Crippen molar-refractivity contribution in [2.24, 2.45) is 0 Å². The quantitative estimate of drug-likeness (QED) is 0.177. The third-order valence-electron chi connectivity index (χ3n) is 9.41. The molecule has 0 bridgehead atoms. The van der Waals surface area contributed by atoms with Crippen LogP contribution in [-0.2, 0) is 4.57 Å². The van der Waals surface area contributed by atoms with Gasteiger partial charge in [0.05, 0.1) is 0 Å². The van der Waals surface area contributed by atoms with Crippen molar-refractivity contribution in [2.45, 2.75) is 0 Å². The van der Waals surface area contributed by atoms with Crippen LogP contribution in [0.3, 0.4) is 0 Å². The van der Waals surface area contributed by atoms with Crippen LogP contribution in [0.4, 0.5) is 0 Å². The maximum atomic E-state index is 13.7. The lowest BCUT2D eigenvalue weighted by atomic mass is 9.96. The molecule has 0 radical (unpaired) electrons. The molecule has 0 spiro atoms. The van der Waals surface area contributed by atoms with Gasteiger partial charge in [0.2, 0.25) is 0 Å². The summed E-state index contributed by atoms with van der Waals surface area (Å²) in [6.45, 7) is 1.88. The number of aromatic nitrogens is 3. The minimum absolute atomic E-state index is 0.685. The third kappa shape index (κ3) is 4.73. The van der Waals surface area contributed by atoms with Gasteiger partial charge in [0.25, 0.3) is 0 Å². The van der Waals surface area contributed by atoms with E-state index in [0.717, 1.165) is 77.5 Å². The van der Waals surface area contributed by atoms with E-state index in [0.29, 0.717) is 5.82 Å². The molecule has 5 heteroatoms. The second-order valence-electron chi connectivity index (χ2n) is 12.4. The van der Waals surface area contributed by atoms with Gasteiger partial charge in [-0.15, -0.1) is 5.10 Å². The van der Waals surface area contributed by atoms with Gasteiger partial charge < -0.3 is 4.57 Å². The fourth-order valence-electron chi connectivity index (χ4n) is 6.92. The Morgan fingerprint density at radius 3 is 1.77 bits per heavy atom. The Balaban J connectivity index is 1.06. The number of hydrogen-bond donors (Lipinski definition) is 0. The Bertz CT molecular complexity index is 2540. The lowest BCUT2D eigenvalue weighted by Gasteiger charge is -2.10. The SMILES string of the molecule is CP1(=O)c2ccccc2-c2cc(-c3cccc(-c4ccc(-c5nc6c(-c7ccccc7)cc(-c7ccccc7)cn6n5)cc4)c3)ccc21. The van der Waals surface area contributed by atoms with Crippen molar-refractivity contribution in [1.82, 2.24) is 14.6 Å². The molecule has 1 aliphatic heterocycles. The van der Waals surface area contributed by atoms with Crippen LogP contribution in [-0.4, -0.2) is 21.3 Å². The number of fused-ring (bicyclic) bond motifs is 4. The average molecular weight is 636 g/mol. The number of pyridine rings is 1. The molecule has 0 N–H and O–H groups in total. The molecule has 9 rings (SSSR count). The summed E-state index contributed by atoms with van der Waals surface area (Å²) in [4.78, 5) is 5.04. The highest BCUT2D eigenvalue weighted by atomic mass is 31.2. The molecule has 0 saturated heterocycles. The van der Waals surface area contributed by atoms with Crippen LogP contribution in [0.5, 0.6) is 0 Å². The topological polar surface area (TPSA) is 47.3 Å². The molecule has 3 heterocycles. The van der Waals surface area contributed by atoms with Gasteiger partial charge in [0.15, 0.2) is 11.5 Å². The summed E-state index contributed by atoms with van der Waals surface area (Å²) >= 11 is 0. The van der Waals surface area contributed by atoms with E-state index in [1.54, 1.807) is 0 Å². The van der Waals surface area contributed by atoms with E-state index >= 15 is 0 Å². The van der Waals surface area contributed by atoms with Crippen LogP contribution in [0, 0.1) is 0 Å². The Labute approximate surface area is 279 Å². The molecule has 1 unspecified atom stereocenters. The zero-order valence-corrected chi connectivity index (χ0v) is 27.2. The van der Waals surface area contributed by atoms with Crippen molar-refractivity contribution >= 4 is 23.4 Å². The van der Waals surface area contributed by atoms with Crippen LogP contribution < -0.4 is 10.6 Å². The second kappa shape index (κ2) is 11.2. The first-order chi connectivity index (χ1) is 23.5. The maximum absolute atomic E-state index is 13.7. The lowest BCUT2D eigenvalue weighted by Crippen LogP contribution is -2.07. The smallest absolute Gasteiger partial charge is 0.182 e. The Morgan fingerprint density at radius 1 is 0.458 bits per heavy atom. The summed E-state index contributed by atoms with van der Waals surface area (Å²) < 4.78 is 15.6. The summed E-state index contributed by atoms with van der Waals surface area (Å²) in [7, 11) is -2.58. The number of benzene rings is 6. The number of hydrogen-bond acceptors (Lipinski definition) is 3. The van der Waals surface area contributed by atoms with Crippen molar-refractivity contribution < 1.29 is 4.57 Å². The van der Waals surface area contributed by atoms with Crippen LogP contribution >= 0.6 is 7.14 Å². The first kappa shape index (κ1) is 28.4. The van der Waals surface area contributed by atoms with E-state index in [1.807, 2.05) is 41.5 Å². The van der Waals surface area contributed by atoms with Gasteiger partial charge in [-0.05, 0) is 75.4 Å². The first-order valence-corrected chi connectivity index (χ1v) is 18.2. The second-order valence-corrected chi connectivity index (χ2v) is 15.2. The van der Waals surface area contributed by atoms with Gasteiger partial charge in [0, 0.05) is 33.5 Å². The van der Waals surface area contributed by atoms with Crippen molar-refractivity contribution in [3.05, 3.63) is 164 Å². The van der Waals surface area contributed by atoms with E-state index < -0.39 is 7.14 Å². The molecule has 1 aliphatic rings. The number of rotatable bonds is 5. The van der Waals surface area contributed by atoms with Gasteiger partial charge in [0.1, 0.15) is 7.14 Å². The normalized spacial score (nSPS) is 14.9. The average Bonchev–Trinajstić information content (AvgIpc) is 3.68. The van der Waals surface area contributed by atoms with Crippen molar-refractivity contribution in [1.29, 1.82) is 0 Å². The number of nitrogens with zero attached hydrogens (tertiary/aromatic N) is 3. The zero-order chi connectivity index (χ0) is 32.2. The van der Waals surface area contributed by atoms with Crippen molar-refractivity contribution in [2.75, 3.05) is 6.66 Å². The van der Waals surface area contributed by atoms with E-state index in [1.165, 1.54) is 0 Å². The highest BCUT2D eigenvalue weighted by Crippen LogP contribution is 2.50. The highest BCUT2D eigenvalue weighted by Gasteiger charge is 2.34. The van der Waals surface area contributed by atoms with E-state index in [9.17, 15) is 4.57 Å². The predicted molar refractivity (Wildman–Crippen MR) is 198 cm³/mol. The third-order valence-corrected chi connectivity index (χ3v) is 12.0. The van der Waals surface area contributed by atoms with Gasteiger partial charge in [-0.2, -0.15) is 0 Å². The molecular weight excluding hydrogens is 605 g/mol. The van der Waals surface area contributed by atoms with Crippen molar-refractivity contribution in [3.63, 3.8) is 0 Å². The van der Waals surface area contributed by atoms with E-state index in [4.69, 9.17) is 10.1 Å². The zero-order valence-electron chi connectivity index (χ0n) is 26.3. The molecule has 0 aliphatic carbocycles. The first-order valence-electron chi connectivity index (χ1n) is 16.1. The molecule has 2 aromatic heterocycles. The Kier molecular flexibility index (Phi) is 6.60. The molecule has 0 fully saturated rings. The monoisotopic (exact) mass is 635 g/mol. The summed E-state index contributed by atoms with van der Waals surface area (Å²) in [6.07, 6.45) is 2.06. The molecule has 0 saturated carbocycles. The van der Waals surface area contributed by atoms with E-state index in [2.05, 4.69) is 134 Å². The molecule has 48 heavy (non-hydrogen) atoms. The van der Waals surface area contributed by atoms with Crippen LogP contribution in [0.2, 0.25) is 0 Å². The molecule has 228 valence electrons. The largest absolute Gasteiger partial charge is 0.314 e. The molecule has 8 aromatic rings. The van der Waals surface area contributed by atoms with Gasteiger partial charge in [-0.25, -0.2) is 9.50 Å². The fraction of sp³-hybridized carbons (Fsp3) is 0.0233. The maximum Gasteiger partial charge on any atom is 0.182 e. The van der Waals surface area contributed by atoms with Gasteiger partial charge in [-0.1, -0.05) is 133 Å². The predicted octanol–water partition coefficient (Wildman–Crippen LogP) is 9.99.